The zero-order valence-electron chi connectivity index (χ0n) is 18.5. The third-order valence-electron chi connectivity index (χ3n) is 6.07. The minimum Gasteiger partial charge on any atom is -0.497 e. The minimum absolute atomic E-state index is 0.123. The van der Waals surface area contributed by atoms with E-state index >= 15 is 0 Å². The van der Waals surface area contributed by atoms with Crippen LogP contribution in [0.15, 0.2) is 64.8 Å². The average Bonchev–Trinajstić information content (AvgIpc) is 3.58. The lowest BCUT2D eigenvalue weighted by atomic mass is 10.1. The molecule has 1 saturated carbocycles. The van der Waals surface area contributed by atoms with Crippen LogP contribution in [0.1, 0.15) is 24.2 Å². The van der Waals surface area contributed by atoms with E-state index in [9.17, 15) is 9.90 Å². The molecule has 1 unspecified atom stereocenters. The summed E-state index contributed by atoms with van der Waals surface area (Å²) >= 11 is 1.48. The third-order valence-corrected chi connectivity index (χ3v) is 6.94. The predicted molar refractivity (Wildman–Crippen MR) is 132 cm³/mol. The molecule has 0 aliphatic heterocycles. The van der Waals surface area contributed by atoms with Crippen LogP contribution in [0, 0.1) is 0 Å². The number of nitrogens with one attached hydrogen (secondary N) is 1. The fourth-order valence-electron chi connectivity index (χ4n) is 4.25. The maximum absolute atomic E-state index is 13.0. The minimum atomic E-state index is -0.466. The molecule has 0 bridgehead atoms. The van der Waals surface area contributed by atoms with Crippen LogP contribution in [0.5, 0.6) is 5.75 Å². The van der Waals surface area contributed by atoms with Crippen LogP contribution in [0.2, 0.25) is 0 Å². The van der Waals surface area contributed by atoms with Crippen LogP contribution >= 0.6 is 11.3 Å². The molecule has 2 aromatic carbocycles. The second kappa shape index (κ2) is 9.47. The van der Waals surface area contributed by atoms with E-state index in [0.29, 0.717) is 36.8 Å². The molecule has 2 heterocycles. The fraction of sp³-hybridized carbons (Fsp3) is 0.308. The van der Waals surface area contributed by atoms with Crippen LogP contribution in [0.3, 0.4) is 0 Å². The Morgan fingerprint density at radius 3 is 2.64 bits per heavy atom. The third kappa shape index (κ3) is 5.00. The van der Waals surface area contributed by atoms with E-state index in [-0.39, 0.29) is 5.56 Å². The van der Waals surface area contributed by atoms with Crippen molar-refractivity contribution in [1.29, 1.82) is 0 Å². The molecule has 5 rings (SSSR count). The van der Waals surface area contributed by atoms with Crippen LogP contribution in [0.4, 0.5) is 0 Å². The number of ether oxygens (including phenoxy) is 1. The van der Waals surface area contributed by atoms with Gasteiger partial charge in [-0.1, -0.05) is 42.5 Å². The maximum Gasteiger partial charge on any atom is 0.260 e. The second-order valence-electron chi connectivity index (χ2n) is 8.57. The first kappa shape index (κ1) is 21.8. The summed E-state index contributed by atoms with van der Waals surface area (Å²) < 4.78 is 5.24. The van der Waals surface area contributed by atoms with Gasteiger partial charge in [0.2, 0.25) is 0 Å². The van der Waals surface area contributed by atoms with E-state index < -0.39 is 6.10 Å². The van der Waals surface area contributed by atoms with E-state index in [4.69, 9.17) is 9.72 Å². The number of hydrogen-bond acceptors (Lipinski definition) is 6. The standard InChI is InChI=1S/C26H27N3O3S/c1-32-21-11-7-18(8-12-21)22-16-33-26-24(22)25(31)27-23(28-26)15-29(19-9-10-19)14-20(30)13-17-5-3-2-4-6-17/h2-8,11-12,16,19-20,30H,9-10,13-15H2,1H3,(H,27,28,31). The van der Waals surface area contributed by atoms with Crippen LogP contribution in [-0.4, -0.2) is 45.8 Å². The van der Waals surface area contributed by atoms with Gasteiger partial charge in [0.15, 0.2) is 0 Å². The smallest absolute Gasteiger partial charge is 0.260 e. The van der Waals surface area contributed by atoms with Gasteiger partial charge in [-0.05, 0) is 42.5 Å². The Kier molecular flexibility index (Phi) is 6.26. The highest BCUT2D eigenvalue weighted by Gasteiger charge is 2.31. The summed E-state index contributed by atoms with van der Waals surface area (Å²) in [6, 6.07) is 18.2. The lowest BCUT2D eigenvalue weighted by Crippen LogP contribution is -2.35. The zero-order valence-corrected chi connectivity index (χ0v) is 19.3. The fourth-order valence-corrected chi connectivity index (χ4v) is 5.21. The highest BCUT2D eigenvalue weighted by atomic mass is 32.1. The molecule has 0 saturated heterocycles. The number of rotatable bonds is 9. The number of fused-ring (bicyclic) bond motifs is 1. The SMILES string of the molecule is COc1ccc(-c2csc3nc(CN(CC(O)Cc4ccccc4)C4CC4)[nH]c(=O)c23)cc1. The Hall–Kier alpha value is -3.00. The Morgan fingerprint density at radius 2 is 1.94 bits per heavy atom. The number of methoxy groups -OCH3 is 1. The molecule has 4 aromatic rings. The lowest BCUT2D eigenvalue weighted by Gasteiger charge is -2.24. The summed E-state index contributed by atoms with van der Waals surface area (Å²) in [5, 5.41) is 13.3. The van der Waals surface area contributed by atoms with Gasteiger partial charge in [-0.25, -0.2) is 4.98 Å². The van der Waals surface area contributed by atoms with Crippen molar-refractivity contribution in [2.45, 2.75) is 38.0 Å². The van der Waals surface area contributed by atoms with Crippen molar-refractivity contribution in [2.75, 3.05) is 13.7 Å². The molecule has 1 aliphatic carbocycles. The number of aliphatic hydroxyl groups excluding tert-OH is 1. The first-order valence-corrected chi connectivity index (χ1v) is 12.1. The Morgan fingerprint density at radius 1 is 1.18 bits per heavy atom. The summed E-state index contributed by atoms with van der Waals surface area (Å²) in [5.74, 6) is 1.43. The first-order chi connectivity index (χ1) is 16.1. The van der Waals surface area contributed by atoms with Crippen molar-refractivity contribution >= 4 is 21.6 Å². The van der Waals surface area contributed by atoms with Gasteiger partial charge in [-0.3, -0.25) is 9.69 Å². The molecule has 2 aromatic heterocycles. The molecule has 33 heavy (non-hydrogen) atoms. The summed E-state index contributed by atoms with van der Waals surface area (Å²) in [4.78, 5) is 23.8. The van der Waals surface area contributed by atoms with Crippen molar-refractivity contribution in [2.24, 2.45) is 0 Å². The van der Waals surface area contributed by atoms with Gasteiger partial charge in [-0.2, -0.15) is 0 Å². The van der Waals surface area contributed by atoms with E-state index in [0.717, 1.165) is 40.1 Å². The van der Waals surface area contributed by atoms with E-state index in [1.54, 1.807) is 7.11 Å². The van der Waals surface area contributed by atoms with E-state index in [2.05, 4.69) is 9.88 Å². The molecule has 0 spiro atoms. The molecule has 1 aliphatic rings. The monoisotopic (exact) mass is 461 g/mol. The van der Waals surface area contributed by atoms with Gasteiger partial charge < -0.3 is 14.8 Å². The molecule has 0 radical (unpaired) electrons. The Bertz CT molecular complexity index is 1280. The number of benzene rings is 2. The van der Waals surface area contributed by atoms with Gasteiger partial charge >= 0.3 is 0 Å². The van der Waals surface area contributed by atoms with Gasteiger partial charge in [-0.15, -0.1) is 11.3 Å². The molecular formula is C26H27N3O3S. The number of thiophene rings is 1. The van der Waals surface area contributed by atoms with Crippen LogP contribution < -0.4 is 10.3 Å². The van der Waals surface area contributed by atoms with E-state index in [1.165, 1.54) is 11.3 Å². The van der Waals surface area contributed by atoms with Crippen molar-refractivity contribution in [3.05, 3.63) is 81.7 Å². The summed E-state index contributed by atoms with van der Waals surface area (Å²) in [6.07, 6.45) is 2.38. The molecular weight excluding hydrogens is 434 g/mol. The van der Waals surface area contributed by atoms with Crippen molar-refractivity contribution < 1.29 is 9.84 Å². The Balaban J connectivity index is 1.35. The maximum atomic E-state index is 13.0. The first-order valence-electron chi connectivity index (χ1n) is 11.2. The summed E-state index contributed by atoms with van der Waals surface area (Å²) in [7, 11) is 1.64. The molecule has 2 N–H and O–H groups in total. The largest absolute Gasteiger partial charge is 0.497 e. The Labute approximate surface area is 196 Å². The quantitative estimate of drug-likeness (QED) is 0.390. The number of aromatic amines is 1. The van der Waals surface area contributed by atoms with Crippen LogP contribution in [0.25, 0.3) is 21.3 Å². The number of aromatic nitrogens is 2. The molecule has 1 fully saturated rings. The molecule has 7 heteroatoms. The average molecular weight is 462 g/mol. The van der Waals surface area contributed by atoms with Crippen molar-refractivity contribution in [3.8, 4) is 16.9 Å². The number of hydrogen-bond donors (Lipinski definition) is 2. The second-order valence-corrected chi connectivity index (χ2v) is 9.43. The highest BCUT2D eigenvalue weighted by molar-refractivity contribution is 7.17. The normalized spacial score (nSPS) is 14.6. The molecule has 1 atom stereocenters. The van der Waals surface area contributed by atoms with Gasteiger partial charge in [0.05, 0.1) is 25.1 Å². The number of aliphatic hydroxyl groups is 1. The van der Waals surface area contributed by atoms with Crippen LogP contribution in [-0.2, 0) is 13.0 Å². The molecule has 0 amide bonds. The van der Waals surface area contributed by atoms with Gasteiger partial charge in [0, 0.05) is 23.5 Å². The molecule has 6 nitrogen and oxygen atoms in total. The number of H-pyrrole nitrogens is 1. The predicted octanol–water partition coefficient (Wildman–Crippen LogP) is 4.23. The van der Waals surface area contributed by atoms with Gasteiger partial charge in [0.25, 0.3) is 5.56 Å². The highest BCUT2D eigenvalue weighted by Crippen LogP contribution is 2.32. The topological polar surface area (TPSA) is 78.5 Å². The number of nitrogens with zero attached hydrogens (tertiary/aromatic N) is 2. The summed E-state index contributed by atoms with van der Waals surface area (Å²) in [6.45, 7) is 1.08. The summed E-state index contributed by atoms with van der Waals surface area (Å²) in [5.41, 5.74) is 2.85. The molecule has 170 valence electrons. The van der Waals surface area contributed by atoms with Gasteiger partial charge in [0.1, 0.15) is 16.4 Å². The van der Waals surface area contributed by atoms with Crippen molar-refractivity contribution in [1.82, 2.24) is 14.9 Å². The lowest BCUT2D eigenvalue weighted by molar-refractivity contribution is 0.103. The zero-order chi connectivity index (χ0) is 22.8. The van der Waals surface area contributed by atoms with Crippen molar-refractivity contribution in [3.63, 3.8) is 0 Å². The van der Waals surface area contributed by atoms with E-state index in [1.807, 2.05) is 60.0 Å².